The van der Waals surface area contributed by atoms with Gasteiger partial charge in [0.15, 0.2) is 11.6 Å². The minimum Gasteiger partial charge on any atom is -0.481 e. The standard InChI is InChI=1S/C10H14FN3O2/c1-6(3-4-8(15)16)14-10-9(11)7(2)12-5-13-10/h5-6H,3-4H2,1-2H3,(H,15,16)(H,12,13,14). The Morgan fingerprint density at radius 2 is 2.31 bits per heavy atom. The Hall–Kier alpha value is -1.72. The summed E-state index contributed by atoms with van der Waals surface area (Å²) in [7, 11) is 0. The molecule has 16 heavy (non-hydrogen) atoms. The lowest BCUT2D eigenvalue weighted by atomic mass is 10.2. The summed E-state index contributed by atoms with van der Waals surface area (Å²) >= 11 is 0. The second-order valence-electron chi connectivity index (χ2n) is 3.60. The fraction of sp³-hybridized carbons (Fsp3) is 0.500. The molecule has 0 saturated heterocycles. The summed E-state index contributed by atoms with van der Waals surface area (Å²) in [5, 5.41) is 11.3. The first-order chi connectivity index (χ1) is 7.50. The molecule has 1 atom stereocenters. The fourth-order valence-electron chi connectivity index (χ4n) is 1.20. The van der Waals surface area contributed by atoms with Crippen LogP contribution in [0.15, 0.2) is 6.33 Å². The highest BCUT2D eigenvalue weighted by Crippen LogP contribution is 2.14. The summed E-state index contributed by atoms with van der Waals surface area (Å²) in [6.07, 6.45) is 1.72. The van der Waals surface area contributed by atoms with Gasteiger partial charge in [-0.25, -0.2) is 14.4 Å². The van der Waals surface area contributed by atoms with E-state index in [9.17, 15) is 9.18 Å². The number of carbonyl (C=O) groups is 1. The number of halogens is 1. The fourth-order valence-corrected chi connectivity index (χ4v) is 1.20. The van der Waals surface area contributed by atoms with Crippen LogP contribution in [-0.2, 0) is 4.79 Å². The summed E-state index contributed by atoms with van der Waals surface area (Å²) < 4.78 is 13.5. The third kappa shape index (κ3) is 3.45. The summed E-state index contributed by atoms with van der Waals surface area (Å²) in [6.45, 7) is 3.32. The molecule has 0 fully saturated rings. The van der Waals surface area contributed by atoms with Crippen molar-refractivity contribution in [1.82, 2.24) is 9.97 Å². The molecular formula is C10H14FN3O2. The molecule has 0 aliphatic heterocycles. The molecule has 0 aromatic carbocycles. The summed E-state index contributed by atoms with van der Waals surface area (Å²) in [5.74, 6) is -1.25. The summed E-state index contributed by atoms with van der Waals surface area (Å²) in [4.78, 5) is 17.8. The van der Waals surface area contributed by atoms with Crippen molar-refractivity contribution in [3.63, 3.8) is 0 Å². The lowest BCUT2D eigenvalue weighted by Gasteiger charge is -2.13. The summed E-state index contributed by atoms with van der Waals surface area (Å²) in [5.41, 5.74) is 0.267. The third-order valence-corrected chi connectivity index (χ3v) is 2.14. The summed E-state index contributed by atoms with van der Waals surface area (Å²) in [6, 6.07) is -0.153. The van der Waals surface area contributed by atoms with Crippen molar-refractivity contribution >= 4 is 11.8 Å². The van der Waals surface area contributed by atoms with E-state index in [4.69, 9.17) is 5.11 Å². The lowest BCUT2D eigenvalue weighted by molar-refractivity contribution is -0.137. The minimum atomic E-state index is -0.868. The molecule has 0 spiro atoms. The maximum Gasteiger partial charge on any atom is 0.303 e. The number of nitrogens with one attached hydrogen (secondary N) is 1. The molecule has 0 radical (unpaired) electrons. The molecule has 1 rings (SSSR count). The quantitative estimate of drug-likeness (QED) is 0.798. The van der Waals surface area contributed by atoms with Gasteiger partial charge in [0, 0.05) is 12.5 Å². The van der Waals surface area contributed by atoms with Crippen molar-refractivity contribution in [2.75, 3.05) is 5.32 Å². The van der Waals surface area contributed by atoms with Gasteiger partial charge < -0.3 is 10.4 Å². The van der Waals surface area contributed by atoms with Gasteiger partial charge in [0.25, 0.3) is 0 Å². The number of rotatable bonds is 5. The molecule has 1 aromatic rings. The number of anilines is 1. The minimum absolute atomic E-state index is 0.0415. The smallest absolute Gasteiger partial charge is 0.303 e. The third-order valence-electron chi connectivity index (χ3n) is 2.14. The number of aryl methyl sites for hydroxylation is 1. The predicted molar refractivity (Wildman–Crippen MR) is 56.7 cm³/mol. The van der Waals surface area contributed by atoms with E-state index in [1.54, 1.807) is 13.8 Å². The van der Waals surface area contributed by atoms with E-state index in [1.165, 1.54) is 6.33 Å². The Morgan fingerprint density at radius 1 is 1.62 bits per heavy atom. The van der Waals surface area contributed by atoms with Crippen molar-refractivity contribution in [3.8, 4) is 0 Å². The molecular weight excluding hydrogens is 213 g/mol. The Bertz CT molecular complexity index is 384. The molecule has 1 unspecified atom stereocenters. The van der Waals surface area contributed by atoms with Crippen molar-refractivity contribution in [1.29, 1.82) is 0 Å². The highest BCUT2D eigenvalue weighted by Gasteiger charge is 2.11. The zero-order chi connectivity index (χ0) is 12.1. The Balaban J connectivity index is 2.59. The van der Waals surface area contributed by atoms with Gasteiger partial charge in [-0.1, -0.05) is 0 Å². The number of hydrogen-bond acceptors (Lipinski definition) is 4. The van der Waals surface area contributed by atoms with Gasteiger partial charge in [-0.3, -0.25) is 4.79 Å². The zero-order valence-corrected chi connectivity index (χ0v) is 9.20. The van der Waals surface area contributed by atoms with Crippen LogP contribution >= 0.6 is 0 Å². The highest BCUT2D eigenvalue weighted by atomic mass is 19.1. The molecule has 0 aliphatic carbocycles. The van der Waals surface area contributed by atoms with Crippen molar-refractivity contribution in [3.05, 3.63) is 17.8 Å². The van der Waals surface area contributed by atoms with Crippen molar-refractivity contribution in [2.24, 2.45) is 0 Å². The van der Waals surface area contributed by atoms with E-state index in [0.717, 1.165) is 0 Å². The van der Waals surface area contributed by atoms with E-state index >= 15 is 0 Å². The first kappa shape index (κ1) is 12.4. The van der Waals surface area contributed by atoms with Crippen LogP contribution in [0.1, 0.15) is 25.5 Å². The predicted octanol–water partition coefficient (Wildman–Crippen LogP) is 1.59. The largest absolute Gasteiger partial charge is 0.481 e. The Morgan fingerprint density at radius 3 is 2.94 bits per heavy atom. The lowest BCUT2D eigenvalue weighted by Crippen LogP contribution is -2.18. The number of hydrogen-bond donors (Lipinski definition) is 2. The Labute approximate surface area is 92.7 Å². The van der Waals surface area contributed by atoms with Crippen molar-refractivity contribution < 1.29 is 14.3 Å². The van der Waals surface area contributed by atoms with Gasteiger partial charge in [-0.05, 0) is 20.3 Å². The molecule has 6 heteroatoms. The molecule has 2 N–H and O–H groups in total. The average Bonchev–Trinajstić information content (AvgIpc) is 2.22. The van der Waals surface area contributed by atoms with Crippen LogP contribution in [-0.4, -0.2) is 27.1 Å². The van der Waals surface area contributed by atoms with E-state index in [-0.39, 0.29) is 24.0 Å². The van der Waals surface area contributed by atoms with Crippen LogP contribution in [0.3, 0.4) is 0 Å². The molecule has 0 aliphatic rings. The monoisotopic (exact) mass is 227 g/mol. The first-order valence-corrected chi connectivity index (χ1v) is 4.96. The zero-order valence-electron chi connectivity index (χ0n) is 9.20. The first-order valence-electron chi connectivity index (χ1n) is 4.96. The topological polar surface area (TPSA) is 75.1 Å². The van der Waals surface area contributed by atoms with Gasteiger partial charge in [0.2, 0.25) is 0 Å². The Kier molecular flexibility index (Phi) is 4.16. The van der Waals surface area contributed by atoms with Crippen LogP contribution in [0.25, 0.3) is 0 Å². The second-order valence-corrected chi connectivity index (χ2v) is 3.60. The number of nitrogens with zero attached hydrogens (tertiary/aromatic N) is 2. The molecule has 1 aromatic heterocycles. The average molecular weight is 227 g/mol. The maximum absolute atomic E-state index is 13.5. The van der Waals surface area contributed by atoms with Gasteiger partial charge in [-0.15, -0.1) is 0 Å². The van der Waals surface area contributed by atoms with Crippen LogP contribution in [0.5, 0.6) is 0 Å². The van der Waals surface area contributed by atoms with E-state index in [0.29, 0.717) is 6.42 Å². The van der Waals surface area contributed by atoms with Gasteiger partial charge >= 0.3 is 5.97 Å². The molecule has 88 valence electrons. The molecule has 0 saturated carbocycles. The van der Waals surface area contributed by atoms with E-state index < -0.39 is 11.8 Å². The van der Waals surface area contributed by atoms with Crippen LogP contribution < -0.4 is 5.32 Å². The number of aromatic nitrogens is 2. The van der Waals surface area contributed by atoms with Crippen LogP contribution in [0, 0.1) is 12.7 Å². The molecule has 5 nitrogen and oxygen atoms in total. The van der Waals surface area contributed by atoms with Gasteiger partial charge in [0.1, 0.15) is 6.33 Å². The SMILES string of the molecule is Cc1ncnc(NC(C)CCC(=O)O)c1F. The molecule has 0 bridgehead atoms. The number of carboxylic acids is 1. The number of carboxylic acid groups (broad SMARTS) is 1. The molecule has 0 amide bonds. The van der Waals surface area contributed by atoms with Gasteiger partial charge in [0.05, 0.1) is 5.69 Å². The van der Waals surface area contributed by atoms with Gasteiger partial charge in [-0.2, -0.15) is 0 Å². The second kappa shape index (κ2) is 5.39. The van der Waals surface area contributed by atoms with Crippen LogP contribution in [0.4, 0.5) is 10.2 Å². The van der Waals surface area contributed by atoms with E-state index in [2.05, 4.69) is 15.3 Å². The highest BCUT2D eigenvalue weighted by molar-refractivity contribution is 5.66. The normalized spacial score (nSPS) is 12.2. The van der Waals surface area contributed by atoms with Crippen LogP contribution in [0.2, 0.25) is 0 Å². The molecule has 1 heterocycles. The van der Waals surface area contributed by atoms with Crippen molar-refractivity contribution in [2.45, 2.75) is 32.7 Å². The van der Waals surface area contributed by atoms with E-state index in [1.807, 2.05) is 0 Å². The maximum atomic E-state index is 13.5. The number of aliphatic carboxylic acids is 1.